The molecule has 3 rings (SSSR count). The van der Waals surface area contributed by atoms with Crippen molar-refractivity contribution in [2.45, 2.75) is 26.7 Å². The summed E-state index contributed by atoms with van der Waals surface area (Å²) in [6.45, 7) is 3.58. The number of nitrogens with zero attached hydrogens (tertiary/aromatic N) is 2. The Morgan fingerprint density at radius 2 is 1.89 bits per heavy atom. The van der Waals surface area contributed by atoms with Gasteiger partial charge < -0.3 is 10.1 Å². The van der Waals surface area contributed by atoms with Crippen molar-refractivity contribution in [2.75, 3.05) is 18.1 Å². The molecule has 0 bridgehead atoms. The Labute approximate surface area is 207 Å². The van der Waals surface area contributed by atoms with Crippen LogP contribution in [0.4, 0.5) is 15.2 Å². The van der Waals surface area contributed by atoms with Crippen LogP contribution in [-0.4, -0.2) is 35.9 Å². The minimum absolute atomic E-state index is 0.0349. The second-order valence-corrected chi connectivity index (χ2v) is 8.53. The van der Waals surface area contributed by atoms with E-state index >= 15 is 0 Å². The molecule has 0 fully saturated rings. The lowest BCUT2D eigenvalue weighted by atomic mass is 10.1. The first kappa shape index (κ1) is 25.8. The SMILES string of the molecule is CC(=O)N(c1nc(/C=C/C(=O)OCCNC(=O)CCc2ccc(C)cc2)cs1)c1ccccc1F. The Morgan fingerprint density at radius 1 is 1.14 bits per heavy atom. The molecule has 2 amide bonds. The van der Waals surface area contributed by atoms with Gasteiger partial charge in [0.1, 0.15) is 12.4 Å². The average molecular weight is 496 g/mol. The molecular weight excluding hydrogens is 469 g/mol. The van der Waals surface area contributed by atoms with Gasteiger partial charge in [0.05, 0.1) is 17.9 Å². The van der Waals surface area contributed by atoms with Crippen LogP contribution in [0, 0.1) is 12.7 Å². The fraction of sp³-hybridized carbons (Fsp3) is 0.231. The van der Waals surface area contributed by atoms with Crippen molar-refractivity contribution < 1.29 is 23.5 Å². The molecule has 0 spiro atoms. The first-order valence-corrected chi connectivity index (χ1v) is 11.9. The highest BCUT2D eigenvalue weighted by Crippen LogP contribution is 2.30. The quantitative estimate of drug-likeness (QED) is 0.253. The van der Waals surface area contributed by atoms with Gasteiger partial charge in [-0.15, -0.1) is 11.3 Å². The number of hydrogen-bond acceptors (Lipinski definition) is 6. The summed E-state index contributed by atoms with van der Waals surface area (Å²) in [5.74, 6) is -1.64. The molecule has 1 N–H and O–H groups in total. The fourth-order valence-electron chi connectivity index (χ4n) is 3.14. The summed E-state index contributed by atoms with van der Waals surface area (Å²) in [7, 11) is 0. The molecule has 2 aromatic carbocycles. The summed E-state index contributed by atoms with van der Waals surface area (Å²) in [5, 5.41) is 4.65. The van der Waals surface area contributed by atoms with E-state index in [4.69, 9.17) is 4.74 Å². The molecule has 3 aromatic rings. The zero-order valence-corrected chi connectivity index (χ0v) is 20.3. The van der Waals surface area contributed by atoms with E-state index in [0.29, 0.717) is 18.5 Å². The number of carbonyl (C=O) groups excluding carboxylic acids is 3. The number of aryl methyl sites for hydroxylation is 2. The number of aromatic nitrogens is 1. The maximum absolute atomic E-state index is 14.2. The summed E-state index contributed by atoms with van der Waals surface area (Å²) in [4.78, 5) is 41.5. The van der Waals surface area contributed by atoms with Crippen LogP contribution >= 0.6 is 11.3 Å². The van der Waals surface area contributed by atoms with Crippen LogP contribution in [0.1, 0.15) is 30.2 Å². The maximum Gasteiger partial charge on any atom is 0.330 e. The molecule has 9 heteroatoms. The first-order chi connectivity index (χ1) is 16.8. The molecule has 0 atom stereocenters. The van der Waals surface area contributed by atoms with Crippen LogP contribution in [0.2, 0.25) is 0 Å². The van der Waals surface area contributed by atoms with E-state index in [9.17, 15) is 18.8 Å². The van der Waals surface area contributed by atoms with Gasteiger partial charge in [0.2, 0.25) is 11.8 Å². The zero-order chi connectivity index (χ0) is 25.2. The Bertz CT molecular complexity index is 1210. The van der Waals surface area contributed by atoms with E-state index in [0.717, 1.165) is 16.9 Å². The average Bonchev–Trinajstić information content (AvgIpc) is 3.30. The number of rotatable bonds is 10. The van der Waals surface area contributed by atoms with Crippen molar-refractivity contribution in [1.29, 1.82) is 0 Å². The largest absolute Gasteiger partial charge is 0.461 e. The molecule has 1 aromatic heterocycles. The van der Waals surface area contributed by atoms with Crippen LogP contribution in [0.3, 0.4) is 0 Å². The lowest BCUT2D eigenvalue weighted by Crippen LogP contribution is -2.28. The summed E-state index contributed by atoms with van der Waals surface area (Å²) in [6.07, 6.45) is 3.65. The third kappa shape index (κ3) is 7.86. The fourth-order valence-corrected chi connectivity index (χ4v) is 3.99. The second kappa shape index (κ2) is 12.6. The Balaban J connectivity index is 1.43. The Kier molecular flexibility index (Phi) is 9.25. The predicted molar refractivity (Wildman–Crippen MR) is 134 cm³/mol. The van der Waals surface area contributed by atoms with Gasteiger partial charge in [-0.05, 0) is 37.1 Å². The van der Waals surface area contributed by atoms with E-state index in [2.05, 4.69) is 10.3 Å². The highest BCUT2D eigenvalue weighted by molar-refractivity contribution is 7.14. The number of anilines is 2. The summed E-state index contributed by atoms with van der Waals surface area (Å²) < 4.78 is 19.2. The maximum atomic E-state index is 14.2. The van der Waals surface area contributed by atoms with Crippen LogP contribution in [0.15, 0.2) is 60.0 Å². The molecule has 0 aliphatic heterocycles. The third-order valence-corrected chi connectivity index (χ3v) is 5.77. The monoisotopic (exact) mass is 495 g/mol. The lowest BCUT2D eigenvalue weighted by Gasteiger charge is -2.18. The molecule has 35 heavy (non-hydrogen) atoms. The van der Waals surface area contributed by atoms with Gasteiger partial charge >= 0.3 is 5.97 Å². The number of ether oxygens (including phenoxy) is 1. The van der Waals surface area contributed by atoms with Crippen molar-refractivity contribution in [3.63, 3.8) is 0 Å². The van der Waals surface area contributed by atoms with Crippen molar-refractivity contribution in [1.82, 2.24) is 10.3 Å². The zero-order valence-electron chi connectivity index (χ0n) is 19.5. The van der Waals surface area contributed by atoms with Crippen LogP contribution < -0.4 is 10.2 Å². The molecule has 0 saturated heterocycles. The third-order valence-electron chi connectivity index (χ3n) is 4.93. The second-order valence-electron chi connectivity index (χ2n) is 7.70. The van der Waals surface area contributed by atoms with Crippen LogP contribution in [0.5, 0.6) is 0 Å². The van der Waals surface area contributed by atoms with E-state index < -0.39 is 11.8 Å². The van der Waals surface area contributed by atoms with Crippen molar-refractivity contribution >= 4 is 46.0 Å². The standard InChI is InChI=1S/C26H26FN3O4S/c1-18-7-9-20(10-8-18)11-13-24(32)28-15-16-34-25(33)14-12-21-17-35-26(29-21)30(19(2)31)23-6-4-3-5-22(23)27/h3-10,12,14,17H,11,13,15-16H2,1-2H3,(H,28,32)/b14-12+. The van der Waals surface area contributed by atoms with E-state index in [1.165, 1.54) is 47.7 Å². The molecule has 0 unspecified atom stereocenters. The van der Waals surface area contributed by atoms with Gasteiger partial charge in [0, 0.05) is 24.8 Å². The Morgan fingerprint density at radius 3 is 2.60 bits per heavy atom. The summed E-state index contributed by atoms with van der Waals surface area (Å²) in [5.41, 5.74) is 2.79. The molecule has 7 nitrogen and oxygen atoms in total. The van der Waals surface area contributed by atoms with Crippen molar-refractivity contribution in [2.24, 2.45) is 0 Å². The number of para-hydroxylation sites is 1. The van der Waals surface area contributed by atoms with E-state index in [1.807, 2.05) is 31.2 Å². The van der Waals surface area contributed by atoms with Crippen molar-refractivity contribution in [3.05, 3.63) is 82.6 Å². The molecule has 0 radical (unpaired) electrons. The molecule has 0 aliphatic carbocycles. The number of esters is 1. The first-order valence-electron chi connectivity index (χ1n) is 11.0. The van der Waals surface area contributed by atoms with Gasteiger partial charge in [-0.1, -0.05) is 42.0 Å². The number of amides is 2. The van der Waals surface area contributed by atoms with E-state index in [1.54, 1.807) is 11.4 Å². The van der Waals surface area contributed by atoms with Crippen molar-refractivity contribution in [3.8, 4) is 0 Å². The smallest absolute Gasteiger partial charge is 0.330 e. The normalized spacial score (nSPS) is 10.8. The van der Waals surface area contributed by atoms with Gasteiger partial charge in [-0.2, -0.15) is 0 Å². The van der Waals surface area contributed by atoms with Crippen LogP contribution in [0.25, 0.3) is 6.08 Å². The minimum Gasteiger partial charge on any atom is -0.461 e. The number of carbonyl (C=O) groups is 3. The molecule has 0 saturated carbocycles. The number of hydrogen-bond donors (Lipinski definition) is 1. The topological polar surface area (TPSA) is 88.6 Å². The highest BCUT2D eigenvalue weighted by Gasteiger charge is 2.20. The highest BCUT2D eigenvalue weighted by atomic mass is 32.1. The van der Waals surface area contributed by atoms with Gasteiger partial charge in [-0.3, -0.25) is 14.5 Å². The van der Waals surface area contributed by atoms with Crippen LogP contribution in [-0.2, 0) is 25.5 Å². The van der Waals surface area contributed by atoms with Gasteiger partial charge in [0.15, 0.2) is 5.13 Å². The number of nitrogens with one attached hydrogen (secondary N) is 1. The number of halogens is 1. The molecule has 182 valence electrons. The molecule has 1 heterocycles. The lowest BCUT2D eigenvalue weighted by molar-refractivity contribution is -0.138. The molecular formula is C26H26FN3O4S. The number of benzene rings is 2. The van der Waals surface area contributed by atoms with Gasteiger partial charge in [-0.25, -0.2) is 14.2 Å². The van der Waals surface area contributed by atoms with E-state index in [-0.39, 0.29) is 35.8 Å². The summed E-state index contributed by atoms with van der Waals surface area (Å²) >= 11 is 1.15. The Hall–Kier alpha value is -3.85. The van der Waals surface area contributed by atoms with Gasteiger partial charge in [0.25, 0.3) is 0 Å². The number of thiazole rings is 1. The molecule has 0 aliphatic rings. The predicted octanol–water partition coefficient (Wildman–Crippen LogP) is 4.58. The minimum atomic E-state index is -0.592. The summed E-state index contributed by atoms with van der Waals surface area (Å²) in [6, 6.07) is 13.9.